The van der Waals surface area contributed by atoms with Crippen LogP contribution in [0, 0.1) is 5.92 Å². The molecule has 90 valence electrons. The minimum Gasteiger partial charge on any atom is -0.381 e. The van der Waals surface area contributed by atoms with Crippen LogP contribution in [0.2, 0.25) is 0 Å². The van der Waals surface area contributed by atoms with Crippen LogP contribution in [0.5, 0.6) is 0 Å². The average molecular weight is 216 g/mol. The molecule has 0 spiro atoms. The highest BCUT2D eigenvalue weighted by Crippen LogP contribution is 2.11. The van der Waals surface area contributed by atoms with E-state index in [9.17, 15) is 4.79 Å². The number of hydrogen-bond acceptors (Lipinski definition) is 3. The number of rotatable bonds is 8. The van der Waals surface area contributed by atoms with E-state index in [1.165, 1.54) is 0 Å². The van der Waals surface area contributed by atoms with Crippen LogP contribution in [-0.2, 0) is 9.53 Å². The molecule has 0 saturated carbocycles. The molecule has 1 atom stereocenters. The Bertz CT molecular complexity index is 195. The molecule has 4 nitrogen and oxygen atoms in total. The second kappa shape index (κ2) is 6.80. The first-order valence-electron chi connectivity index (χ1n) is 5.49. The van der Waals surface area contributed by atoms with E-state index in [0.717, 1.165) is 13.0 Å². The number of primary amides is 1. The number of carbonyl (C=O) groups is 1. The molecule has 0 radical (unpaired) electrons. The zero-order valence-corrected chi connectivity index (χ0v) is 10.3. The number of hydrogen-bond donors (Lipinski definition) is 2. The van der Waals surface area contributed by atoms with Gasteiger partial charge in [-0.15, -0.1) is 0 Å². The van der Waals surface area contributed by atoms with Crippen molar-refractivity contribution in [3.63, 3.8) is 0 Å². The van der Waals surface area contributed by atoms with Crippen LogP contribution in [0.3, 0.4) is 0 Å². The number of likely N-dealkylation sites (N-methyl/N-ethyl adjacent to an activating group) is 1. The van der Waals surface area contributed by atoms with E-state index in [1.54, 1.807) is 7.05 Å². The summed E-state index contributed by atoms with van der Waals surface area (Å²) in [6, 6.07) is 0. The smallest absolute Gasteiger partial charge is 0.237 e. The van der Waals surface area contributed by atoms with Gasteiger partial charge in [-0.3, -0.25) is 4.79 Å². The molecular weight excluding hydrogens is 192 g/mol. The highest BCUT2D eigenvalue weighted by atomic mass is 16.5. The van der Waals surface area contributed by atoms with Crippen LogP contribution < -0.4 is 11.1 Å². The molecular formula is C11H24N2O2. The minimum atomic E-state index is -0.610. The van der Waals surface area contributed by atoms with Gasteiger partial charge in [0.15, 0.2) is 0 Å². The van der Waals surface area contributed by atoms with Crippen molar-refractivity contribution in [3.8, 4) is 0 Å². The summed E-state index contributed by atoms with van der Waals surface area (Å²) < 4.78 is 5.43. The van der Waals surface area contributed by atoms with Gasteiger partial charge in [-0.25, -0.2) is 0 Å². The Kier molecular flexibility index (Phi) is 6.52. The lowest BCUT2D eigenvalue weighted by Crippen LogP contribution is -2.51. The normalized spacial score (nSPS) is 15.3. The van der Waals surface area contributed by atoms with Crippen LogP contribution in [0.1, 0.15) is 33.6 Å². The molecule has 3 N–H and O–H groups in total. The van der Waals surface area contributed by atoms with Gasteiger partial charge in [0, 0.05) is 13.2 Å². The highest BCUT2D eigenvalue weighted by molar-refractivity contribution is 5.84. The van der Waals surface area contributed by atoms with Crippen molar-refractivity contribution in [1.29, 1.82) is 0 Å². The van der Waals surface area contributed by atoms with Crippen molar-refractivity contribution < 1.29 is 9.53 Å². The molecule has 0 heterocycles. The lowest BCUT2D eigenvalue weighted by Gasteiger charge is -2.25. The van der Waals surface area contributed by atoms with Crippen molar-refractivity contribution in [3.05, 3.63) is 0 Å². The van der Waals surface area contributed by atoms with Gasteiger partial charge in [-0.1, -0.05) is 13.8 Å². The van der Waals surface area contributed by atoms with Crippen LogP contribution in [0.4, 0.5) is 0 Å². The summed E-state index contributed by atoms with van der Waals surface area (Å²) >= 11 is 0. The zero-order chi connectivity index (χ0) is 11.9. The van der Waals surface area contributed by atoms with Crippen molar-refractivity contribution >= 4 is 5.91 Å². The van der Waals surface area contributed by atoms with Crippen molar-refractivity contribution in [2.45, 2.75) is 39.2 Å². The van der Waals surface area contributed by atoms with Gasteiger partial charge in [0.05, 0.1) is 5.54 Å². The third kappa shape index (κ3) is 5.74. The third-order valence-corrected chi connectivity index (χ3v) is 2.51. The zero-order valence-electron chi connectivity index (χ0n) is 10.3. The maximum atomic E-state index is 11.1. The molecule has 0 aromatic heterocycles. The Hall–Kier alpha value is -0.610. The molecule has 0 aromatic carbocycles. The molecule has 0 aliphatic carbocycles. The summed E-state index contributed by atoms with van der Waals surface area (Å²) in [5.41, 5.74) is 4.69. The van der Waals surface area contributed by atoms with Gasteiger partial charge in [0.25, 0.3) is 0 Å². The van der Waals surface area contributed by atoms with E-state index in [1.807, 2.05) is 6.92 Å². The fourth-order valence-electron chi connectivity index (χ4n) is 1.22. The number of ether oxygens (including phenoxy) is 1. The fraction of sp³-hybridized carbons (Fsp3) is 0.909. The molecule has 0 aromatic rings. The van der Waals surface area contributed by atoms with Gasteiger partial charge in [-0.05, 0) is 32.7 Å². The molecule has 15 heavy (non-hydrogen) atoms. The fourth-order valence-corrected chi connectivity index (χ4v) is 1.22. The molecule has 4 heteroatoms. The van der Waals surface area contributed by atoms with Gasteiger partial charge in [-0.2, -0.15) is 0 Å². The minimum absolute atomic E-state index is 0.311. The van der Waals surface area contributed by atoms with Gasteiger partial charge in [0.2, 0.25) is 5.91 Å². The van der Waals surface area contributed by atoms with Gasteiger partial charge < -0.3 is 15.8 Å². The van der Waals surface area contributed by atoms with Crippen LogP contribution in [-0.4, -0.2) is 31.7 Å². The predicted octanol–water partition coefficient (Wildman–Crippen LogP) is 0.903. The first-order valence-corrected chi connectivity index (χ1v) is 5.49. The lowest BCUT2D eigenvalue weighted by atomic mass is 9.95. The highest BCUT2D eigenvalue weighted by Gasteiger charge is 2.27. The Morgan fingerprint density at radius 1 is 1.53 bits per heavy atom. The molecule has 0 fully saturated rings. The Morgan fingerprint density at radius 2 is 2.13 bits per heavy atom. The second-order valence-electron chi connectivity index (χ2n) is 4.52. The average Bonchev–Trinajstić information content (AvgIpc) is 2.16. The lowest BCUT2D eigenvalue weighted by molar-refractivity contribution is -0.124. The topological polar surface area (TPSA) is 64.3 Å². The summed E-state index contributed by atoms with van der Waals surface area (Å²) in [4.78, 5) is 11.1. The van der Waals surface area contributed by atoms with Gasteiger partial charge in [0.1, 0.15) is 0 Å². The van der Waals surface area contributed by atoms with E-state index in [4.69, 9.17) is 10.5 Å². The summed E-state index contributed by atoms with van der Waals surface area (Å²) in [6.07, 6.45) is 1.55. The predicted molar refractivity (Wildman–Crippen MR) is 61.6 cm³/mol. The van der Waals surface area contributed by atoms with Gasteiger partial charge >= 0.3 is 0 Å². The Balaban J connectivity index is 3.69. The molecule has 0 aliphatic heterocycles. The second-order valence-corrected chi connectivity index (χ2v) is 4.52. The monoisotopic (exact) mass is 216 g/mol. The number of nitrogens with one attached hydrogen (secondary N) is 1. The Morgan fingerprint density at radius 3 is 2.53 bits per heavy atom. The first-order chi connectivity index (χ1) is 6.92. The Labute approximate surface area is 92.6 Å². The summed E-state index contributed by atoms with van der Waals surface area (Å²) in [5, 5.41) is 2.95. The molecule has 0 aliphatic rings. The van der Waals surface area contributed by atoms with Crippen LogP contribution in [0.25, 0.3) is 0 Å². The van der Waals surface area contributed by atoms with Crippen LogP contribution >= 0.6 is 0 Å². The maximum Gasteiger partial charge on any atom is 0.237 e. The summed E-state index contributed by atoms with van der Waals surface area (Å²) in [5.74, 6) is 0.241. The van der Waals surface area contributed by atoms with Crippen LogP contribution in [0.15, 0.2) is 0 Å². The van der Waals surface area contributed by atoms with E-state index in [2.05, 4.69) is 19.2 Å². The summed E-state index contributed by atoms with van der Waals surface area (Å²) in [6.45, 7) is 7.50. The van der Waals surface area contributed by atoms with Crippen molar-refractivity contribution in [2.75, 3.05) is 20.3 Å². The van der Waals surface area contributed by atoms with E-state index < -0.39 is 5.54 Å². The number of nitrogens with two attached hydrogens (primary N) is 1. The molecule has 0 bridgehead atoms. The van der Waals surface area contributed by atoms with E-state index in [-0.39, 0.29) is 5.91 Å². The largest absolute Gasteiger partial charge is 0.381 e. The summed E-state index contributed by atoms with van der Waals surface area (Å²) in [7, 11) is 1.75. The standard InChI is InChI=1S/C11H24N2O2/c1-9(2)8-15-7-5-6-11(3,13-4)10(12)14/h9,13H,5-8H2,1-4H3,(H2,12,14). The van der Waals surface area contributed by atoms with E-state index in [0.29, 0.717) is 18.9 Å². The van der Waals surface area contributed by atoms with Crippen molar-refractivity contribution in [1.82, 2.24) is 5.32 Å². The molecule has 0 saturated heterocycles. The first kappa shape index (κ1) is 14.4. The SMILES string of the molecule is CNC(C)(CCCOCC(C)C)C(N)=O. The molecule has 1 unspecified atom stereocenters. The molecule has 1 amide bonds. The quantitative estimate of drug-likeness (QED) is 0.593. The number of carbonyl (C=O) groups excluding carboxylic acids is 1. The number of amides is 1. The van der Waals surface area contributed by atoms with Crippen molar-refractivity contribution in [2.24, 2.45) is 11.7 Å². The third-order valence-electron chi connectivity index (χ3n) is 2.51. The van der Waals surface area contributed by atoms with E-state index >= 15 is 0 Å². The molecule has 0 rings (SSSR count). The maximum absolute atomic E-state index is 11.1.